The van der Waals surface area contributed by atoms with Crippen LogP contribution in [-0.4, -0.2) is 38.7 Å². The smallest absolute Gasteiger partial charge is 0.410 e. The summed E-state index contributed by atoms with van der Waals surface area (Å²) >= 11 is 0. The fourth-order valence-electron chi connectivity index (χ4n) is 5.77. The van der Waals surface area contributed by atoms with Crippen LogP contribution in [0.3, 0.4) is 0 Å². The fraction of sp³-hybridized carbons (Fsp3) is 0.500. The van der Waals surface area contributed by atoms with Gasteiger partial charge in [-0.3, -0.25) is 4.57 Å². The Morgan fingerprint density at radius 1 is 1.33 bits per heavy atom. The second-order valence-electron chi connectivity index (χ2n) is 12.4. The second-order valence-corrected chi connectivity index (χ2v) is 12.4. The van der Waals surface area contributed by atoms with Gasteiger partial charge in [0.25, 0.3) is 0 Å². The van der Waals surface area contributed by atoms with Gasteiger partial charge in [0, 0.05) is 30.4 Å². The van der Waals surface area contributed by atoms with Crippen LogP contribution >= 0.6 is 0 Å². The van der Waals surface area contributed by atoms with Crippen LogP contribution in [0.2, 0.25) is 0 Å². The lowest BCUT2D eigenvalue weighted by Gasteiger charge is -2.31. The number of aryl methyl sites for hydroxylation is 1. The molecule has 1 saturated carbocycles. The minimum absolute atomic E-state index is 0.0866. The molecule has 224 valence electrons. The van der Waals surface area contributed by atoms with Crippen molar-refractivity contribution in [3.8, 4) is 6.07 Å². The van der Waals surface area contributed by atoms with Crippen LogP contribution in [0.1, 0.15) is 109 Å². The number of ether oxygens (including phenoxy) is 1. The molecule has 3 rings (SSSR count). The molecule has 1 atom stereocenters. The maximum absolute atomic E-state index is 13.0. The lowest BCUT2D eigenvalue weighted by atomic mass is 9.90. The van der Waals surface area contributed by atoms with Crippen LogP contribution in [0.25, 0.3) is 22.3 Å². The maximum atomic E-state index is 13.0. The molecule has 0 spiro atoms. The van der Waals surface area contributed by atoms with Crippen molar-refractivity contribution < 1.29 is 9.53 Å². The lowest BCUT2D eigenvalue weighted by molar-refractivity contribution is 0.0171. The highest BCUT2D eigenvalue weighted by Crippen LogP contribution is 2.42. The zero-order valence-corrected chi connectivity index (χ0v) is 26.7. The highest BCUT2D eigenvalue weighted by molar-refractivity contribution is 5.96. The predicted octanol–water partition coefficient (Wildman–Crippen LogP) is 9.48. The first-order valence-corrected chi connectivity index (χ1v) is 15.3. The molecule has 0 saturated heterocycles. The zero-order chi connectivity index (χ0) is 31.0. The molecule has 6 nitrogen and oxygen atoms in total. The van der Waals surface area contributed by atoms with Crippen molar-refractivity contribution in [2.75, 3.05) is 6.54 Å². The van der Waals surface area contributed by atoms with Crippen molar-refractivity contribution >= 4 is 28.4 Å². The van der Waals surface area contributed by atoms with Gasteiger partial charge in [-0.1, -0.05) is 39.0 Å². The van der Waals surface area contributed by atoms with Crippen molar-refractivity contribution in [1.29, 1.82) is 5.26 Å². The molecule has 2 aromatic rings. The summed E-state index contributed by atoms with van der Waals surface area (Å²) in [6.45, 7) is 22.9. The Morgan fingerprint density at radius 3 is 2.60 bits per heavy atom. The number of nitriles is 1. The Hall–Kier alpha value is -3.81. The summed E-state index contributed by atoms with van der Waals surface area (Å²) in [6.07, 6.45) is 16.4. The number of hydrogen-bond donors (Lipinski definition) is 0. The van der Waals surface area contributed by atoms with E-state index >= 15 is 0 Å². The number of pyridine rings is 1. The largest absolute Gasteiger partial charge is 0.444 e. The summed E-state index contributed by atoms with van der Waals surface area (Å²) < 4.78 is 7.74. The van der Waals surface area contributed by atoms with Gasteiger partial charge in [0.2, 0.25) is 0 Å². The number of fused-ring (bicyclic) bond motifs is 1. The lowest BCUT2D eigenvalue weighted by Crippen LogP contribution is -2.42. The zero-order valence-electron chi connectivity index (χ0n) is 26.7. The minimum Gasteiger partial charge on any atom is -0.444 e. The van der Waals surface area contributed by atoms with E-state index in [-0.39, 0.29) is 12.1 Å². The summed E-state index contributed by atoms with van der Waals surface area (Å²) in [5.41, 5.74) is 9.08. The van der Waals surface area contributed by atoms with Gasteiger partial charge in [-0.2, -0.15) is 5.26 Å². The molecule has 0 radical (unpaired) electrons. The number of aromatic nitrogens is 2. The van der Waals surface area contributed by atoms with Crippen molar-refractivity contribution in [1.82, 2.24) is 14.5 Å². The quantitative estimate of drug-likeness (QED) is 0.154. The third-order valence-corrected chi connectivity index (χ3v) is 8.02. The summed E-state index contributed by atoms with van der Waals surface area (Å²) in [6, 6.07) is 2.34. The molecule has 0 aliphatic heterocycles. The maximum Gasteiger partial charge on any atom is 0.410 e. The first kappa shape index (κ1) is 32.7. The Morgan fingerprint density at radius 2 is 2.02 bits per heavy atom. The van der Waals surface area contributed by atoms with E-state index in [0.717, 1.165) is 59.8 Å². The van der Waals surface area contributed by atoms with Crippen molar-refractivity contribution in [2.45, 2.75) is 111 Å². The summed E-state index contributed by atoms with van der Waals surface area (Å²) in [7, 11) is 0. The first-order chi connectivity index (χ1) is 19.9. The summed E-state index contributed by atoms with van der Waals surface area (Å²) in [5, 5.41) is 10.8. The van der Waals surface area contributed by atoms with Crippen molar-refractivity contribution in [3.05, 3.63) is 71.8 Å². The van der Waals surface area contributed by atoms with E-state index in [4.69, 9.17) is 9.72 Å². The predicted molar refractivity (Wildman–Crippen MR) is 174 cm³/mol. The van der Waals surface area contributed by atoms with E-state index < -0.39 is 5.60 Å². The van der Waals surface area contributed by atoms with E-state index in [1.807, 2.05) is 49.4 Å². The van der Waals surface area contributed by atoms with Gasteiger partial charge >= 0.3 is 6.09 Å². The normalized spacial score (nSPS) is 15.0. The average Bonchev–Trinajstić information content (AvgIpc) is 3.60. The van der Waals surface area contributed by atoms with E-state index in [0.29, 0.717) is 23.7 Å². The topological polar surface area (TPSA) is 71.2 Å². The van der Waals surface area contributed by atoms with Crippen LogP contribution in [0.5, 0.6) is 0 Å². The SMILES string of the molecule is C=C=C(/C=C(C#N)\C=C/C)n1cc(C2CCCC2)c2c(C(=C)CCCN(C(=O)OC(C)(C)C)[C@H](C)CC)c(C)cnc21. The third kappa shape index (κ3) is 7.72. The molecule has 0 unspecified atom stereocenters. The van der Waals surface area contributed by atoms with E-state index in [1.54, 1.807) is 12.2 Å². The van der Waals surface area contributed by atoms with E-state index in [2.05, 4.69) is 51.9 Å². The van der Waals surface area contributed by atoms with Gasteiger partial charge in [-0.25, -0.2) is 9.78 Å². The molecular weight excluding hydrogens is 520 g/mol. The number of carbonyl (C=O) groups is 1. The molecule has 2 aromatic heterocycles. The molecule has 6 heteroatoms. The second kappa shape index (κ2) is 14.4. The van der Waals surface area contributed by atoms with Gasteiger partial charge in [0.15, 0.2) is 0 Å². The Labute approximate surface area is 252 Å². The highest BCUT2D eigenvalue weighted by Gasteiger charge is 2.27. The summed E-state index contributed by atoms with van der Waals surface area (Å²) in [4.78, 5) is 19.7. The Bertz CT molecular complexity index is 1450. The van der Waals surface area contributed by atoms with E-state index in [9.17, 15) is 10.1 Å². The molecule has 42 heavy (non-hydrogen) atoms. The molecule has 0 N–H and O–H groups in total. The van der Waals surface area contributed by atoms with Gasteiger partial charge in [0.05, 0.1) is 17.3 Å². The minimum atomic E-state index is -0.537. The molecule has 2 heterocycles. The average molecular weight is 569 g/mol. The molecule has 1 aliphatic rings. The van der Waals surface area contributed by atoms with Gasteiger partial charge < -0.3 is 9.64 Å². The summed E-state index contributed by atoms with van der Waals surface area (Å²) in [5.74, 6) is 0.443. The Balaban J connectivity index is 2.02. The van der Waals surface area contributed by atoms with Crippen LogP contribution in [0.15, 0.2) is 55.1 Å². The Kier molecular flexibility index (Phi) is 11.2. The number of allylic oxidation sites excluding steroid dienone is 6. The monoisotopic (exact) mass is 568 g/mol. The fourth-order valence-corrected chi connectivity index (χ4v) is 5.77. The van der Waals surface area contributed by atoms with Crippen molar-refractivity contribution in [2.24, 2.45) is 0 Å². The standard InChI is InChI=1S/C36H48N4O2/c1-10-16-28(22-37)21-30(12-3)40-24-31(29-18-13-14-19-29)33-32(26(5)23-38-34(33)40)25(4)17-15-20-39(27(6)11-2)35(41)42-36(7,8)9/h10,16,21,23-24,27,29H,3-4,11,13-15,17-20H2,1-2,5-9H3/b16-10-,28-21+/t27-/m1/s1. The van der Waals surface area contributed by atoms with Crippen molar-refractivity contribution in [3.63, 3.8) is 0 Å². The number of carbonyl (C=O) groups excluding carboxylic acids is 1. The highest BCUT2D eigenvalue weighted by atomic mass is 16.6. The number of nitrogens with zero attached hydrogens (tertiary/aromatic N) is 4. The molecule has 1 aliphatic carbocycles. The van der Waals surface area contributed by atoms with Gasteiger partial charge in [0.1, 0.15) is 11.2 Å². The first-order valence-electron chi connectivity index (χ1n) is 15.3. The van der Waals surface area contributed by atoms with Gasteiger partial charge in [-0.05, 0) is 114 Å². The van der Waals surface area contributed by atoms with Crippen LogP contribution in [0, 0.1) is 18.3 Å². The third-order valence-electron chi connectivity index (χ3n) is 8.02. The van der Waals surface area contributed by atoms with Crippen LogP contribution < -0.4 is 0 Å². The van der Waals surface area contributed by atoms with Gasteiger partial charge in [-0.15, -0.1) is 5.73 Å². The van der Waals surface area contributed by atoms with Crippen LogP contribution in [-0.2, 0) is 4.74 Å². The molecular formula is C36H48N4O2. The van der Waals surface area contributed by atoms with E-state index in [1.165, 1.54) is 18.4 Å². The number of hydrogen-bond acceptors (Lipinski definition) is 4. The number of rotatable bonds is 11. The van der Waals surface area contributed by atoms with Crippen LogP contribution in [0.4, 0.5) is 4.79 Å². The molecule has 1 amide bonds. The number of amides is 1. The molecule has 0 bridgehead atoms. The molecule has 1 fully saturated rings. The molecule has 0 aromatic carbocycles.